The number of hydrogen-bond donors (Lipinski definition) is 1. The van der Waals surface area contributed by atoms with Gasteiger partial charge in [0.2, 0.25) is 5.91 Å². The molecule has 0 spiro atoms. The summed E-state index contributed by atoms with van der Waals surface area (Å²) < 4.78 is 0. The van der Waals surface area contributed by atoms with E-state index < -0.39 is 23.9 Å². The molecule has 0 aliphatic carbocycles. The zero-order valence-electron chi connectivity index (χ0n) is 14.4. The number of benzene rings is 2. The minimum absolute atomic E-state index is 0.350. The minimum Gasteiger partial charge on any atom is -0.324 e. The van der Waals surface area contributed by atoms with Gasteiger partial charge in [0, 0.05) is 16.4 Å². The smallest absolute Gasteiger partial charge is 0.324 e. The van der Waals surface area contributed by atoms with Crippen molar-refractivity contribution in [1.82, 2.24) is 4.90 Å². The maximum atomic E-state index is 12.7. The van der Waals surface area contributed by atoms with E-state index >= 15 is 0 Å². The molecule has 1 N–H and O–H groups in total. The molecular formula is C19H18ClN3O3. The number of carbonyl (C=O) groups is 3. The fraction of sp³-hybridized carbons (Fsp3) is 0.211. The second kappa shape index (κ2) is 7.17. The maximum absolute atomic E-state index is 12.7. The van der Waals surface area contributed by atoms with Crippen LogP contribution in [0.15, 0.2) is 48.5 Å². The molecule has 3 rings (SSSR count). The van der Waals surface area contributed by atoms with Gasteiger partial charge in [-0.3, -0.25) is 19.4 Å². The number of aryl methyl sites for hydroxylation is 1. The SMILES string of the molecule is Cc1ccc(N2C(=O)N(CC(=O)Nc3cccc(Cl)c3)C(=O)[C@H]2C)cc1. The van der Waals surface area contributed by atoms with Gasteiger partial charge in [-0.15, -0.1) is 0 Å². The van der Waals surface area contributed by atoms with E-state index in [0.717, 1.165) is 10.5 Å². The molecule has 2 aromatic rings. The standard InChI is InChI=1S/C19H18ClN3O3/c1-12-6-8-16(9-7-12)23-13(2)18(25)22(19(23)26)11-17(24)21-15-5-3-4-14(20)10-15/h3-10,13H,11H2,1-2H3,(H,21,24)/t13-/m1/s1. The normalized spacial score (nSPS) is 17.0. The first-order chi connectivity index (χ1) is 12.4. The molecule has 0 radical (unpaired) electrons. The van der Waals surface area contributed by atoms with E-state index in [4.69, 9.17) is 11.6 Å². The summed E-state index contributed by atoms with van der Waals surface area (Å²) >= 11 is 5.89. The number of hydrogen-bond acceptors (Lipinski definition) is 3. The van der Waals surface area contributed by atoms with Crippen LogP contribution in [0.2, 0.25) is 5.02 Å². The second-order valence-corrected chi connectivity index (χ2v) is 6.58. The van der Waals surface area contributed by atoms with Crippen LogP contribution in [0.1, 0.15) is 12.5 Å². The predicted octanol–water partition coefficient (Wildman–Crippen LogP) is 3.44. The zero-order chi connectivity index (χ0) is 18.8. The van der Waals surface area contributed by atoms with E-state index in [1.807, 2.05) is 19.1 Å². The third-order valence-electron chi connectivity index (χ3n) is 4.17. The van der Waals surface area contributed by atoms with Crippen LogP contribution in [-0.2, 0) is 9.59 Å². The molecule has 4 amide bonds. The van der Waals surface area contributed by atoms with Gasteiger partial charge >= 0.3 is 6.03 Å². The van der Waals surface area contributed by atoms with Gasteiger partial charge in [-0.05, 0) is 44.2 Å². The Morgan fingerprint density at radius 3 is 2.50 bits per heavy atom. The Kier molecular flexibility index (Phi) is 4.95. The van der Waals surface area contributed by atoms with Crippen LogP contribution in [0.3, 0.4) is 0 Å². The summed E-state index contributed by atoms with van der Waals surface area (Å²) in [5, 5.41) is 3.12. The largest absolute Gasteiger partial charge is 0.332 e. The first kappa shape index (κ1) is 17.9. The van der Waals surface area contributed by atoms with Gasteiger partial charge < -0.3 is 5.32 Å². The van der Waals surface area contributed by atoms with Crippen LogP contribution in [0.25, 0.3) is 0 Å². The lowest BCUT2D eigenvalue weighted by molar-refractivity contribution is -0.130. The van der Waals surface area contributed by atoms with Gasteiger partial charge in [0.25, 0.3) is 5.91 Å². The molecule has 0 unspecified atom stereocenters. The number of urea groups is 1. The molecule has 1 fully saturated rings. The number of halogens is 1. The molecule has 0 aromatic heterocycles. The Morgan fingerprint density at radius 2 is 1.85 bits per heavy atom. The maximum Gasteiger partial charge on any atom is 0.332 e. The lowest BCUT2D eigenvalue weighted by Crippen LogP contribution is -2.39. The Labute approximate surface area is 156 Å². The predicted molar refractivity (Wildman–Crippen MR) is 100 cm³/mol. The van der Waals surface area contributed by atoms with E-state index in [1.54, 1.807) is 43.3 Å². The number of rotatable bonds is 4. The first-order valence-electron chi connectivity index (χ1n) is 8.13. The number of nitrogens with zero attached hydrogens (tertiary/aromatic N) is 2. The fourth-order valence-electron chi connectivity index (χ4n) is 2.82. The molecule has 26 heavy (non-hydrogen) atoms. The van der Waals surface area contributed by atoms with Crippen molar-refractivity contribution in [2.75, 3.05) is 16.8 Å². The van der Waals surface area contributed by atoms with Crippen molar-refractivity contribution in [3.05, 3.63) is 59.1 Å². The van der Waals surface area contributed by atoms with E-state index in [9.17, 15) is 14.4 Å². The number of amides is 4. The van der Waals surface area contributed by atoms with Crippen LogP contribution in [0.4, 0.5) is 16.2 Å². The highest BCUT2D eigenvalue weighted by molar-refractivity contribution is 6.30. The summed E-state index contributed by atoms with van der Waals surface area (Å²) in [6.07, 6.45) is 0. The number of carbonyl (C=O) groups excluding carboxylic acids is 3. The molecule has 1 aliphatic heterocycles. The Balaban J connectivity index is 1.74. The van der Waals surface area contributed by atoms with Gasteiger partial charge in [0.1, 0.15) is 12.6 Å². The molecule has 134 valence electrons. The van der Waals surface area contributed by atoms with Crippen molar-refractivity contribution in [3.8, 4) is 0 Å². The van der Waals surface area contributed by atoms with Crippen LogP contribution < -0.4 is 10.2 Å². The number of nitrogens with one attached hydrogen (secondary N) is 1. The van der Waals surface area contributed by atoms with Gasteiger partial charge in [-0.1, -0.05) is 35.4 Å². The quantitative estimate of drug-likeness (QED) is 0.837. The lowest BCUT2D eigenvalue weighted by atomic mass is 10.2. The van der Waals surface area contributed by atoms with Gasteiger partial charge in [-0.2, -0.15) is 0 Å². The van der Waals surface area contributed by atoms with Crippen LogP contribution in [-0.4, -0.2) is 35.3 Å². The van der Waals surface area contributed by atoms with Crippen molar-refractivity contribution >= 4 is 40.8 Å². The number of imide groups is 1. The molecular weight excluding hydrogens is 354 g/mol. The van der Waals surface area contributed by atoms with Gasteiger partial charge in [0.05, 0.1) is 0 Å². The molecule has 2 aromatic carbocycles. The summed E-state index contributed by atoms with van der Waals surface area (Å²) in [4.78, 5) is 39.8. The van der Waals surface area contributed by atoms with Crippen LogP contribution >= 0.6 is 11.6 Å². The Hall–Kier alpha value is -2.86. The van der Waals surface area contributed by atoms with E-state index in [0.29, 0.717) is 16.4 Å². The summed E-state index contributed by atoms with van der Waals surface area (Å²) in [5.74, 6) is -0.872. The summed E-state index contributed by atoms with van der Waals surface area (Å²) in [5.41, 5.74) is 2.18. The molecule has 1 saturated heterocycles. The minimum atomic E-state index is -0.663. The zero-order valence-corrected chi connectivity index (χ0v) is 15.2. The molecule has 1 heterocycles. The second-order valence-electron chi connectivity index (χ2n) is 6.15. The molecule has 6 nitrogen and oxygen atoms in total. The Morgan fingerprint density at radius 1 is 1.15 bits per heavy atom. The third kappa shape index (κ3) is 3.55. The lowest BCUT2D eigenvalue weighted by Gasteiger charge is -2.19. The number of anilines is 2. The van der Waals surface area contributed by atoms with Gasteiger partial charge in [0.15, 0.2) is 0 Å². The van der Waals surface area contributed by atoms with Crippen LogP contribution in [0, 0.1) is 6.92 Å². The van der Waals surface area contributed by atoms with Crippen LogP contribution in [0.5, 0.6) is 0 Å². The molecule has 0 bridgehead atoms. The van der Waals surface area contributed by atoms with Crippen molar-refractivity contribution in [1.29, 1.82) is 0 Å². The van der Waals surface area contributed by atoms with E-state index in [-0.39, 0.29) is 6.54 Å². The summed E-state index contributed by atoms with van der Waals surface area (Å²) in [6, 6.07) is 12.8. The average Bonchev–Trinajstić information content (AvgIpc) is 2.80. The molecule has 0 saturated carbocycles. The van der Waals surface area contributed by atoms with E-state index in [1.165, 1.54) is 4.90 Å². The van der Waals surface area contributed by atoms with Crippen molar-refractivity contribution in [3.63, 3.8) is 0 Å². The highest BCUT2D eigenvalue weighted by Crippen LogP contribution is 2.26. The van der Waals surface area contributed by atoms with E-state index in [2.05, 4.69) is 5.32 Å². The Bertz CT molecular complexity index is 867. The molecule has 1 aliphatic rings. The average molecular weight is 372 g/mol. The monoisotopic (exact) mass is 371 g/mol. The summed E-state index contributed by atoms with van der Waals surface area (Å²) in [7, 11) is 0. The van der Waals surface area contributed by atoms with Gasteiger partial charge in [-0.25, -0.2) is 4.79 Å². The highest BCUT2D eigenvalue weighted by atomic mass is 35.5. The van der Waals surface area contributed by atoms with Crippen molar-refractivity contribution in [2.24, 2.45) is 0 Å². The highest BCUT2D eigenvalue weighted by Gasteiger charge is 2.43. The molecule has 7 heteroatoms. The van der Waals surface area contributed by atoms with Crippen molar-refractivity contribution < 1.29 is 14.4 Å². The molecule has 1 atom stereocenters. The summed E-state index contributed by atoms with van der Waals surface area (Å²) in [6.45, 7) is 3.24. The first-order valence-corrected chi connectivity index (χ1v) is 8.51. The topological polar surface area (TPSA) is 69.7 Å². The third-order valence-corrected chi connectivity index (χ3v) is 4.41. The fourth-order valence-corrected chi connectivity index (χ4v) is 3.01. The van der Waals surface area contributed by atoms with Crippen molar-refractivity contribution in [2.45, 2.75) is 19.9 Å².